The standard InChI is InChI=1S/C33H27BrN2O5/c1-19-5-4-8-24-27(33(40)41-18-29(37)21-9-13-22(34)14-10-21)17-28(35-30(19)24)20-11-15-23(16-12-20)36-31(38)25-6-2-3-7-26(25)32(36)39/h4-5,8-17,25-26H,2-3,6-7,18H2,1H3. The van der Waals surface area contributed by atoms with Gasteiger partial charge in [0.2, 0.25) is 11.8 Å². The zero-order chi connectivity index (χ0) is 28.7. The number of pyridine rings is 1. The Morgan fingerprint density at radius 3 is 2.24 bits per heavy atom. The lowest BCUT2D eigenvalue weighted by Crippen LogP contribution is -2.30. The highest BCUT2D eigenvalue weighted by Gasteiger charge is 2.48. The molecule has 6 rings (SSSR count). The first-order valence-corrected chi connectivity index (χ1v) is 14.5. The van der Waals surface area contributed by atoms with E-state index in [2.05, 4.69) is 15.9 Å². The summed E-state index contributed by atoms with van der Waals surface area (Å²) in [6.07, 6.45) is 3.47. The molecule has 0 spiro atoms. The number of hydrogen-bond acceptors (Lipinski definition) is 6. The number of amides is 2. The number of Topliss-reactive ketones (excluding diaryl/α,β-unsaturated/α-hetero) is 1. The quantitative estimate of drug-likeness (QED) is 0.137. The van der Waals surface area contributed by atoms with Crippen LogP contribution in [0.1, 0.15) is 52.0 Å². The highest BCUT2D eigenvalue weighted by atomic mass is 79.9. The van der Waals surface area contributed by atoms with Crippen LogP contribution in [0, 0.1) is 18.8 Å². The maximum atomic E-state index is 13.3. The predicted molar refractivity (Wildman–Crippen MR) is 159 cm³/mol. The first-order valence-electron chi connectivity index (χ1n) is 13.7. The average molecular weight is 611 g/mol. The van der Waals surface area contributed by atoms with Gasteiger partial charge in [0.1, 0.15) is 0 Å². The minimum Gasteiger partial charge on any atom is -0.454 e. The summed E-state index contributed by atoms with van der Waals surface area (Å²) in [6, 6.07) is 21.2. The Bertz CT molecular complexity index is 1670. The Kier molecular flexibility index (Phi) is 7.26. The molecule has 0 radical (unpaired) electrons. The lowest BCUT2D eigenvalue weighted by molar-refractivity contribution is -0.122. The van der Waals surface area contributed by atoms with Crippen LogP contribution in [-0.4, -0.2) is 35.2 Å². The molecule has 4 aromatic rings. The van der Waals surface area contributed by atoms with Crippen molar-refractivity contribution in [2.24, 2.45) is 11.8 Å². The second-order valence-corrected chi connectivity index (χ2v) is 11.5. The first-order chi connectivity index (χ1) is 19.8. The van der Waals surface area contributed by atoms with Gasteiger partial charge in [-0.05, 0) is 55.7 Å². The number of benzene rings is 3. The number of hydrogen-bond donors (Lipinski definition) is 0. The molecular formula is C33H27BrN2O5. The number of ketones is 1. The van der Waals surface area contributed by atoms with E-state index in [1.807, 2.05) is 19.1 Å². The Morgan fingerprint density at radius 2 is 1.59 bits per heavy atom. The third-order valence-electron chi connectivity index (χ3n) is 8.02. The molecule has 1 aromatic heterocycles. The number of carbonyl (C=O) groups excluding carboxylic acids is 4. The molecule has 2 heterocycles. The van der Waals surface area contributed by atoms with E-state index in [0.29, 0.717) is 33.4 Å². The minimum absolute atomic E-state index is 0.116. The van der Waals surface area contributed by atoms with Gasteiger partial charge < -0.3 is 4.74 Å². The normalized spacial score (nSPS) is 18.4. The van der Waals surface area contributed by atoms with Crippen molar-refractivity contribution < 1.29 is 23.9 Å². The number of aryl methyl sites for hydroxylation is 1. The van der Waals surface area contributed by atoms with Crippen LogP contribution in [0.3, 0.4) is 0 Å². The van der Waals surface area contributed by atoms with Crippen molar-refractivity contribution in [2.75, 3.05) is 11.5 Å². The lowest BCUT2D eigenvalue weighted by atomic mass is 9.81. The van der Waals surface area contributed by atoms with Crippen LogP contribution >= 0.6 is 15.9 Å². The Hall–Kier alpha value is -4.17. The molecule has 2 fully saturated rings. The van der Waals surface area contributed by atoms with Crippen molar-refractivity contribution in [1.29, 1.82) is 0 Å². The molecule has 0 N–H and O–H groups in total. The Balaban J connectivity index is 1.28. The summed E-state index contributed by atoms with van der Waals surface area (Å²) in [5.74, 6) is -1.59. The van der Waals surface area contributed by atoms with Gasteiger partial charge in [-0.15, -0.1) is 0 Å². The fraction of sp³-hybridized carbons (Fsp3) is 0.242. The van der Waals surface area contributed by atoms with Crippen molar-refractivity contribution >= 4 is 56.1 Å². The van der Waals surface area contributed by atoms with Gasteiger partial charge in [-0.1, -0.05) is 71.2 Å². The molecule has 41 heavy (non-hydrogen) atoms. The van der Waals surface area contributed by atoms with Crippen LogP contribution in [-0.2, 0) is 14.3 Å². The summed E-state index contributed by atoms with van der Waals surface area (Å²) in [6.45, 7) is 1.53. The summed E-state index contributed by atoms with van der Waals surface area (Å²) >= 11 is 3.35. The molecule has 2 aliphatic rings. The van der Waals surface area contributed by atoms with E-state index in [9.17, 15) is 19.2 Å². The number of para-hydroxylation sites is 1. The number of esters is 1. The van der Waals surface area contributed by atoms with Gasteiger partial charge in [-0.3, -0.25) is 19.3 Å². The Morgan fingerprint density at radius 1 is 0.927 bits per heavy atom. The van der Waals surface area contributed by atoms with Gasteiger partial charge >= 0.3 is 5.97 Å². The third kappa shape index (κ3) is 5.08. The monoisotopic (exact) mass is 610 g/mol. The fourth-order valence-electron chi connectivity index (χ4n) is 5.83. The molecule has 206 valence electrons. The number of aromatic nitrogens is 1. The zero-order valence-corrected chi connectivity index (χ0v) is 24.0. The maximum absolute atomic E-state index is 13.3. The van der Waals surface area contributed by atoms with Gasteiger partial charge in [0.25, 0.3) is 0 Å². The van der Waals surface area contributed by atoms with E-state index in [0.717, 1.165) is 41.3 Å². The molecule has 3 aromatic carbocycles. The van der Waals surface area contributed by atoms with E-state index in [-0.39, 0.29) is 36.0 Å². The number of fused-ring (bicyclic) bond motifs is 2. The molecule has 1 aliphatic heterocycles. The van der Waals surface area contributed by atoms with Crippen molar-refractivity contribution in [3.05, 3.63) is 94.0 Å². The molecule has 0 bridgehead atoms. The van der Waals surface area contributed by atoms with Gasteiger partial charge in [0.15, 0.2) is 12.4 Å². The zero-order valence-electron chi connectivity index (χ0n) is 22.4. The predicted octanol–water partition coefficient (Wildman–Crippen LogP) is 6.69. The second kappa shape index (κ2) is 11.0. The van der Waals surface area contributed by atoms with E-state index in [1.54, 1.807) is 60.7 Å². The van der Waals surface area contributed by atoms with Gasteiger partial charge in [-0.2, -0.15) is 0 Å². The number of nitrogens with zero attached hydrogens (tertiary/aromatic N) is 2. The average Bonchev–Trinajstić information content (AvgIpc) is 3.25. The molecule has 1 saturated heterocycles. The van der Waals surface area contributed by atoms with E-state index >= 15 is 0 Å². The molecule has 7 nitrogen and oxygen atoms in total. The molecule has 2 unspecified atom stereocenters. The van der Waals surface area contributed by atoms with E-state index in [1.165, 1.54) is 4.90 Å². The number of imide groups is 1. The molecule has 2 amide bonds. The number of rotatable bonds is 6. The Labute approximate surface area is 245 Å². The van der Waals surface area contributed by atoms with Crippen molar-refractivity contribution in [3.8, 4) is 11.3 Å². The molecule has 8 heteroatoms. The van der Waals surface area contributed by atoms with Crippen molar-refractivity contribution in [3.63, 3.8) is 0 Å². The molecule has 2 atom stereocenters. The molecule has 1 aliphatic carbocycles. The minimum atomic E-state index is -0.623. The largest absolute Gasteiger partial charge is 0.454 e. The van der Waals surface area contributed by atoms with Crippen LogP contribution in [0.15, 0.2) is 77.3 Å². The highest BCUT2D eigenvalue weighted by molar-refractivity contribution is 9.10. The molecule has 1 saturated carbocycles. The van der Waals surface area contributed by atoms with Crippen LogP contribution in [0.25, 0.3) is 22.2 Å². The molecular weight excluding hydrogens is 584 g/mol. The maximum Gasteiger partial charge on any atom is 0.339 e. The number of ether oxygens (including phenoxy) is 1. The smallest absolute Gasteiger partial charge is 0.339 e. The van der Waals surface area contributed by atoms with Crippen LogP contribution in [0.5, 0.6) is 0 Å². The topological polar surface area (TPSA) is 93.6 Å². The number of anilines is 1. The van der Waals surface area contributed by atoms with Gasteiger partial charge in [0, 0.05) is 21.0 Å². The lowest BCUT2D eigenvalue weighted by Gasteiger charge is -2.19. The van der Waals surface area contributed by atoms with Crippen molar-refractivity contribution in [1.82, 2.24) is 4.98 Å². The summed E-state index contributed by atoms with van der Waals surface area (Å²) < 4.78 is 6.31. The first kappa shape index (κ1) is 27.0. The number of carbonyl (C=O) groups is 4. The van der Waals surface area contributed by atoms with Crippen LogP contribution < -0.4 is 4.90 Å². The summed E-state index contributed by atoms with van der Waals surface area (Å²) in [4.78, 5) is 58.1. The highest BCUT2D eigenvalue weighted by Crippen LogP contribution is 2.40. The summed E-state index contributed by atoms with van der Waals surface area (Å²) in [5.41, 5.74) is 4.08. The fourth-order valence-corrected chi connectivity index (χ4v) is 6.10. The SMILES string of the molecule is Cc1cccc2c(C(=O)OCC(=O)c3ccc(Br)cc3)cc(-c3ccc(N4C(=O)C5CCCCC5C4=O)cc3)nc12. The summed E-state index contributed by atoms with van der Waals surface area (Å²) in [7, 11) is 0. The van der Waals surface area contributed by atoms with E-state index < -0.39 is 5.97 Å². The van der Waals surface area contributed by atoms with Crippen LogP contribution in [0.2, 0.25) is 0 Å². The van der Waals surface area contributed by atoms with E-state index in [4.69, 9.17) is 9.72 Å². The summed E-state index contributed by atoms with van der Waals surface area (Å²) in [5, 5.41) is 0.627. The van der Waals surface area contributed by atoms with Gasteiger partial charge in [0.05, 0.1) is 34.3 Å². The third-order valence-corrected chi connectivity index (χ3v) is 8.55. The van der Waals surface area contributed by atoms with Crippen LogP contribution in [0.4, 0.5) is 5.69 Å². The number of halogens is 1. The van der Waals surface area contributed by atoms with Gasteiger partial charge in [-0.25, -0.2) is 9.78 Å². The second-order valence-electron chi connectivity index (χ2n) is 10.6. The van der Waals surface area contributed by atoms with Crippen molar-refractivity contribution in [2.45, 2.75) is 32.6 Å².